The lowest BCUT2D eigenvalue weighted by molar-refractivity contribution is -0.115. The van der Waals surface area contributed by atoms with Crippen LogP contribution >= 0.6 is 11.8 Å². The maximum absolute atomic E-state index is 11.5. The molecule has 2 aromatic rings. The molecule has 0 aliphatic rings. The molecule has 1 N–H and O–H groups in total. The molecule has 1 amide bonds. The fourth-order valence-electron chi connectivity index (χ4n) is 1.51. The van der Waals surface area contributed by atoms with Gasteiger partial charge in [0.2, 0.25) is 5.91 Å². The molecule has 0 aromatic heterocycles. The van der Waals surface area contributed by atoms with E-state index in [2.05, 4.69) is 17.4 Å². The highest BCUT2D eigenvalue weighted by Gasteiger charge is 2.06. The molecule has 0 atom stereocenters. The molecule has 0 radical (unpaired) electrons. The Morgan fingerprint density at radius 1 is 1.06 bits per heavy atom. The van der Waals surface area contributed by atoms with Crippen molar-refractivity contribution in [2.24, 2.45) is 0 Å². The van der Waals surface area contributed by atoms with Crippen molar-refractivity contribution in [3.05, 3.63) is 54.6 Å². The first-order valence-electron chi connectivity index (χ1n) is 5.91. The Labute approximate surface area is 111 Å². The normalized spacial score (nSPS) is 10.1. The van der Waals surface area contributed by atoms with Crippen LogP contribution in [-0.4, -0.2) is 5.91 Å². The molecule has 0 fully saturated rings. The second-order valence-electron chi connectivity index (χ2n) is 3.81. The van der Waals surface area contributed by atoms with E-state index < -0.39 is 0 Å². The Balaban J connectivity index is 2.20. The van der Waals surface area contributed by atoms with Crippen LogP contribution in [0.5, 0.6) is 0 Å². The van der Waals surface area contributed by atoms with E-state index in [0.717, 1.165) is 15.5 Å². The molecule has 0 saturated carbocycles. The van der Waals surface area contributed by atoms with Crippen molar-refractivity contribution < 1.29 is 4.79 Å². The van der Waals surface area contributed by atoms with Crippen LogP contribution < -0.4 is 5.32 Å². The minimum absolute atomic E-state index is 0.0381. The van der Waals surface area contributed by atoms with E-state index in [1.165, 1.54) is 0 Å². The Kier molecular flexibility index (Phi) is 4.42. The number of anilines is 1. The molecule has 0 bridgehead atoms. The number of benzene rings is 2. The molecule has 18 heavy (non-hydrogen) atoms. The molecule has 92 valence electrons. The van der Waals surface area contributed by atoms with Gasteiger partial charge in [-0.2, -0.15) is 0 Å². The van der Waals surface area contributed by atoms with E-state index in [0.29, 0.717) is 6.42 Å². The van der Waals surface area contributed by atoms with Crippen molar-refractivity contribution in [1.29, 1.82) is 0 Å². The number of hydrogen-bond acceptors (Lipinski definition) is 2. The van der Waals surface area contributed by atoms with Crippen LogP contribution in [-0.2, 0) is 4.79 Å². The maximum atomic E-state index is 11.5. The van der Waals surface area contributed by atoms with Gasteiger partial charge in [0.05, 0.1) is 5.69 Å². The van der Waals surface area contributed by atoms with Crippen LogP contribution in [0.25, 0.3) is 0 Å². The Bertz CT molecular complexity index is 525. The highest BCUT2D eigenvalue weighted by molar-refractivity contribution is 7.99. The van der Waals surface area contributed by atoms with Gasteiger partial charge in [0.1, 0.15) is 0 Å². The minimum atomic E-state index is 0.0381. The zero-order chi connectivity index (χ0) is 12.8. The summed E-state index contributed by atoms with van der Waals surface area (Å²) in [4.78, 5) is 13.7. The monoisotopic (exact) mass is 257 g/mol. The zero-order valence-electron chi connectivity index (χ0n) is 10.2. The Morgan fingerprint density at radius 3 is 2.44 bits per heavy atom. The van der Waals surface area contributed by atoms with E-state index in [1.807, 2.05) is 49.4 Å². The predicted molar refractivity (Wildman–Crippen MR) is 75.9 cm³/mol. The van der Waals surface area contributed by atoms with Gasteiger partial charge in [-0.05, 0) is 24.3 Å². The number of hydrogen-bond donors (Lipinski definition) is 1. The highest BCUT2D eigenvalue weighted by atomic mass is 32.2. The van der Waals surface area contributed by atoms with Crippen LogP contribution in [0.2, 0.25) is 0 Å². The number of para-hydroxylation sites is 1. The average Bonchev–Trinajstić information content (AvgIpc) is 2.42. The fourth-order valence-corrected chi connectivity index (χ4v) is 2.44. The van der Waals surface area contributed by atoms with Crippen LogP contribution in [0.1, 0.15) is 13.3 Å². The van der Waals surface area contributed by atoms with Gasteiger partial charge in [-0.3, -0.25) is 4.79 Å². The van der Waals surface area contributed by atoms with Gasteiger partial charge >= 0.3 is 0 Å². The third-order valence-corrected chi connectivity index (χ3v) is 3.54. The summed E-state index contributed by atoms with van der Waals surface area (Å²) in [6.07, 6.45) is 0.490. The predicted octanol–water partition coefficient (Wildman–Crippen LogP) is 4.19. The van der Waals surface area contributed by atoms with Crippen LogP contribution in [0.15, 0.2) is 64.4 Å². The summed E-state index contributed by atoms with van der Waals surface area (Å²) in [6.45, 7) is 1.85. The minimum Gasteiger partial charge on any atom is -0.325 e. The molecule has 0 spiro atoms. The van der Waals surface area contributed by atoms with Crippen molar-refractivity contribution in [2.75, 3.05) is 5.32 Å². The van der Waals surface area contributed by atoms with Crippen LogP contribution in [0.3, 0.4) is 0 Å². The van der Waals surface area contributed by atoms with Gasteiger partial charge in [-0.15, -0.1) is 0 Å². The lowest BCUT2D eigenvalue weighted by atomic mass is 10.3. The van der Waals surface area contributed by atoms with Gasteiger partial charge in [0.25, 0.3) is 0 Å². The first kappa shape index (κ1) is 12.7. The summed E-state index contributed by atoms with van der Waals surface area (Å²) in [5.41, 5.74) is 0.873. The molecule has 2 rings (SSSR count). The number of carbonyl (C=O) groups is 1. The largest absolute Gasteiger partial charge is 0.325 e. The first-order valence-corrected chi connectivity index (χ1v) is 6.73. The quantitative estimate of drug-likeness (QED) is 0.890. The number of rotatable bonds is 4. The molecule has 3 heteroatoms. The van der Waals surface area contributed by atoms with Crippen molar-refractivity contribution in [2.45, 2.75) is 23.1 Å². The summed E-state index contributed by atoms with van der Waals surface area (Å²) >= 11 is 1.65. The van der Waals surface area contributed by atoms with Crippen molar-refractivity contribution in [3.63, 3.8) is 0 Å². The molecule has 0 aliphatic heterocycles. The molecule has 2 aromatic carbocycles. The second kappa shape index (κ2) is 6.26. The summed E-state index contributed by atoms with van der Waals surface area (Å²) in [6, 6.07) is 18.0. The molecular weight excluding hydrogens is 242 g/mol. The third kappa shape index (κ3) is 3.37. The molecule has 2 nitrogen and oxygen atoms in total. The van der Waals surface area contributed by atoms with Gasteiger partial charge < -0.3 is 5.32 Å². The number of amides is 1. The summed E-state index contributed by atoms with van der Waals surface area (Å²) in [7, 11) is 0. The molecule has 0 saturated heterocycles. The van der Waals surface area contributed by atoms with E-state index in [4.69, 9.17) is 0 Å². The number of carbonyl (C=O) groups excluding carboxylic acids is 1. The first-order chi connectivity index (χ1) is 8.79. The van der Waals surface area contributed by atoms with E-state index >= 15 is 0 Å². The summed E-state index contributed by atoms with van der Waals surface area (Å²) < 4.78 is 0. The number of nitrogens with one attached hydrogen (secondary N) is 1. The average molecular weight is 257 g/mol. The summed E-state index contributed by atoms with van der Waals surface area (Å²) in [5.74, 6) is 0.0381. The van der Waals surface area contributed by atoms with E-state index in [9.17, 15) is 4.79 Å². The van der Waals surface area contributed by atoms with Gasteiger partial charge in [0.15, 0.2) is 0 Å². The Hall–Kier alpha value is -1.74. The van der Waals surface area contributed by atoms with E-state index in [-0.39, 0.29) is 5.91 Å². The maximum Gasteiger partial charge on any atom is 0.224 e. The van der Waals surface area contributed by atoms with Crippen LogP contribution in [0.4, 0.5) is 5.69 Å². The van der Waals surface area contributed by atoms with Crippen molar-refractivity contribution >= 4 is 23.4 Å². The molecule has 0 unspecified atom stereocenters. The topological polar surface area (TPSA) is 29.1 Å². The van der Waals surface area contributed by atoms with Crippen molar-refractivity contribution in [3.8, 4) is 0 Å². The van der Waals surface area contributed by atoms with Gasteiger partial charge in [-0.25, -0.2) is 0 Å². The van der Waals surface area contributed by atoms with Gasteiger partial charge in [0, 0.05) is 16.2 Å². The summed E-state index contributed by atoms with van der Waals surface area (Å²) in [5, 5.41) is 2.92. The van der Waals surface area contributed by atoms with Gasteiger partial charge in [-0.1, -0.05) is 49.0 Å². The molecule has 0 heterocycles. The second-order valence-corrected chi connectivity index (χ2v) is 4.93. The SMILES string of the molecule is CCC(=O)Nc1ccccc1Sc1ccccc1. The zero-order valence-corrected chi connectivity index (χ0v) is 11.0. The lowest BCUT2D eigenvalue weighted by Gasteiger charge is -2.09. The highest BCUT2D eigenvalue weighted by Crippen LogP contribution is 2.33. The Morgan fingerprint density at radius 2 is 1.72 bits per heavy atom. The van der Waals surface area contributed by atoms with Crippen molar-refractivity contribution in [1.82, 2.24) is 0 Å². The van der Waals surface area contributed by atoms with Crippen LogP contribution in [0, 0.1) is 0 Å². The third-order valence-electron chi connectivity index (χ3n) is 2.45. The standard InChI is InChI=1S/C15H15NOS/c1-2-15(17)16-13-10-6-7-11-14(13)18-12-8-4-3-5-9-12/h3-11H,2H2,1H3,(H,16,17). The molecular formula is C15H15NOS. The fraction of sp³-hybridized carbons (Fsp3) is 0.133. The molecule has 0 aliphatic carbocycles. The smallest absolute Gasteiger partial charge is 0.224 e. The lowest BCUT2D eigenvalue weighted by Crippen LogP contribution is -2.09. The van der Waals surface area contributed by atoms with E-state index in [1.54, 1.807) is 11.8 Å².